The van der Waals surface area contributed by atoms with Gasteiger partial charge in [-0.25, -0.2) is 0 Å². The zero-order chi connectivity index (χ0) is 12.3. The molecule has 3 nitrogen and oxygen atoms in total. The molecule has 2 unspecified atom stereocenters. The van der Waals surface area contributed by atoms with Gasteiger partial charge in [0.1, 0.15) is 0 Å². The van der Waals surface area contributed by atoms with Crippen molar-refractivity contribution < 1.29 is 4.74 Å². The summed E-state index contributed by atoms with van der Waals surface area (Å²) in [7, 11) is 0. The van der Waals surface area contributed by atoms with Crippen molar-refractivity contribution >= 4 is 11.6 Å². The van der Waals surface area contributed by atoms with Crippen LogP contribution >= 0.6 is 11.6 Å². The number of nitrogens with zero attached hydrogens (tertiary/aromatic N) is 1. The lowest BCUT2D eigenvalue weighted by Gasteiger charge is -2.34. The number of halogens is 1. The predicted molar refractivity (Wildman–Crippen MR) is 70.1 cm³/mol. The van der Waals surface area contributed by atoms with E-state index in [9.17, 15) is 0 Å². The average Bonchev–Trinajstić information content (AvgIpc) is 2.32. The van der Waals surface area contributed by atoms with E-state index in [1.807, 2.05) is 25.1 Å². The van der Waals surface area contributed by atoms with Crippen LogP contribution in [-0.4, -0.2) is 36.7 Å². The molecule has 0 aliphatic carbocycles. The molecule has 1 aromatic carbocycles. The second kappa shape index (κ2) is 5.83. The van der Waals surface area contributed by atoms with E-state index in [2.05, 4.69) is 11.0 Å². The maximum Gasteiger partial charge on any atom is 0.0850 e. The Morgan fingerprint density at radius 2 is 2.29 bits per heavy atom. The lowest BCUT2D eigenvalue weighted by molar-refractivity contribution is -0.0403. The molecule has 2 atom stereocenters. The average molecular weight is 255 g/mol. The number of rotatable bonds is 3. The quantitative estimate of drug-likeness (QED) is 0.895. The minimum Gasteiger partial charge on any atom is -0.374 e. The molecule has 0 spiro atoms. The van der Waals surface area contributed by atoms with Crippen LogP contribution < -0.4 is 5.73 Å². The molecule has 1 aliphatic rings. The van der Waals surface area contributed by atoms with E-state index in [1.54, 1.807) is 0 Å². The summed E-state index contributed by atoms with van der Waals surface area (Å²) in [6, 6.07) is 8.05. The molecule has 1 heterocycles. The molecular formula is C13H19ClN2O. The Balaban J connectivity index is 1.97. The van der Waals surface area contributed by atoms with Gasteiger partial charge in [0.2, 0.25) is 0 Å². The minimum absolute atomic E-state index is 0.0732. The van der Waals surface area contributed by atoms with Crippen LogP contribution in [0.4, 0.5) is 0 Å². The maximum absolute atomic E-state index is 6.16. The molecule has 1 saturated heterocycles. The van der Waals surface area contributed by atoms with Crippen LogP contribution in [0.1, 0.15) is 12.5 Å². The van der Waals surface area contributed by atoms with E-state index in [-0.39, 0.29) is 12.1 Å². The van der Waals surface area contributed by atoms with Gasteiger partial charge in [0.15, 0.2) is 0 Å². The van der Waals surface area contributed by atoms with Crippen LogP contribution in [0.25, 0.3) is 0 Å². The first kappa shape index (κ1) is 12.8. The van der Waals surface area contributed by atoms with E-state index in [0.29, 0.717) is 0 Å². The third kappa shape index (κ3) is 3.42. The van der Waals surface area contributed by atoms with Gasteiger partial charge in [-0.1, -0.05) is 29.8 Å². The summed E-state index contributed by atoms with van der Waals surface area (Å²) in [6.07, 6.45) is 0.131. The van der Waals surface area contributed by atoms with Crippen molar-refractivity contribution in [3.8, 4) is 0 Å². The van der Waals surface area contributed by atoms with Crippen LogP contribution in [0.2, 0.25) is 5.02 Å². The zero-order valence-electron chi connectivity index (χ0n) is 10.1. The van der Waals surface area contributed by atoms with Crippen molar-refractivity contribution in [1.82, 2.24) is 4.90 Å². The first-order chi connectivity index (χ1) is 8.16. The molecule has 0 radical (unpaired) electrons. The topological polar surface area (TPSA) is 38.5 Å². The Kier molecular flexibility index (Phi) is 4.40. The van der Waals surface area contributed by atoms with E-state index in [1.165, 1.54) is 5.56 Å². The first-order valence-corrected chi connectivity index (χ1v) is 6.37. The third-order valence-electron chi connectivity index (χ3n) is 3.12. The summed E-state index contributed by atoms with van der Waals surface area (Å²) >= 11 is 6.16. The van der Waals surface area contributed by atoms with Crippen molar-refractivity contribution in [2.24, 2.45) is 5.73 Å². The number of morpholine rings is 1. The van der Waals surface area contributed by atoms with Crippen molar-refractivity contribution in [3.63, 3.8) is 0 Å². The molecule has 1 aromatic rings. The molecule has 1 aliphatic heterocycles. The highest BCUT2D eigenvalue weighted by Gasteiger charge is 2.23. The summed E-state index contributed by atoms with van der Waals surface area (Å²) in [6.45, 7) is 5.42. The van der Waals surface area contributed by atoms with Gasteiger partial charge in [-0.2, -0.15) is 0 Å². The Morgan fingerprint density at radius 3 is 3.00 bits per heavy atom. The monoisotopic (exact) mass is 254 g/mol. The van der Waals surface area contributed by atoms with Gasteiger partial charge >= 0.3 is 0 Å². The molecule has 0 saturated carbocycles. The van der Waals surface area contributed by atoms with E-state index < -0.39 is 0 Å². The summed E-state index contributed by atoms with van der Waals surface area (Å²) in [4.78, 5) is 2.35. The van der Waals surface area contributed by atoms with Crippen molar-refractivity contribution in [2.75, 3.05) is 19.7 Å². The Hall–Kier alpha value is -0.610. The van der Waals surface area contributed by atoms with Gasteiger partial charge in [0, 0.05) is 30.7 Å². The van der Waals surface area contributed by atoms with E-state index >= 15 is 0 Å². The van der Waals surface area contributed by atoms with E-state index in [0.717, 1.165) is 31.3 Å². The van der Waals surface area contributed by atoms with Gasteiger partial charge in [0.25, 0.3) is 0 Å². The summed E-state index contributed by atoms with van der Waals surface area (Å²) < 4.78 is 5.64. The van der Waals surface area contributed by atoms with Gasteiger partial charge < -0.3 is 10.5 Å². The standard InChI is InChI=1S/C13H19ClN2O/c1-10(15)13-9-16(6-7-17-13)8-11-4-2-3-5-12(11)14/h2-5,10,13H,6-9,15H2,1H3. The smallest absolute Gasteiger partial charge is 0.0850 e. The molecule has 94 valence electrons. The Bertz CT molecular complexity index is 370. The van der Waals surface area contributed by atoms with Gasteiger partial charge in [-0.15, -0.1) is 0 Å². The highest BCUT2D eigenvalue weighted by atomic mass is 35.5. The molecule has 17 heavy (non-hydrogen) atoms. The van der Waals surface area contributed by atoms with Crippen LogP contribution in [-0.2, 0) is 11.3 Å². The summed E-state index contributed by atoms with van der Waals surface area (Å²) in [5.41, 5.74) is 7.04. The fraction of sp³-hybridized carbons (Fsp3) is 0.538. The maximum atomic E-state index is 6.16. The summed E-state index contributed by atoms with van der Waals surface area (Å²) in [5.74, 6) is 0. The number of hydrogen-bond acceptors (Lipinski definition) is 3. The normalized spacial score (nSPS) is 23.6. The minimum atomic E-state index is 0.0732. The van der Waals surface area contributed by atoms with E-state index in [4.69, 9.17) is 22.1 Å². The number of nitrogens with two attached hydrogens (primary N) is 1. The summed E-state index contributed by atoms with van der Waals surface area (Å²) in [5, 5.41) is 0.830. The second-order valence-electron chi connectivity index (χ2n) is 4.59. The van der Waals surface area contributed by atoms with Crippen LogP contribution in [0.15, 0.2) is 24.3 Å². The van der Waals surface area contributed by atoms with Crippen LogP contribution in [0, 0.1) is 0 Å². The number of hydrogen-bond donors (Lipinski definition) is 1. The van der Waals surface area contributed by atoms with Crippen molar-refractivity contribution in [3.05, 3.63) is 34.9 Å². The van der Waals surface area contributed by atoms with Crippen molar-refractivity contribution in [1.29, 1.82) is 0 Å². The van der Waals surface area contributed by atoms with Crippen LogP contribution in [0.3, 0.4) is 0 Å². The number of ether oxygens (including phenoxy) is 1. The predicted octanol–water partition coefficient (Wildman–Crippen LogP) is 1.89. The fourth-order valence-corrected chi connectivity index (χ4v) is 2.26. The molecule has 1 fully saturated rings. The Morgan fingerprint density at radius 1 is 1.53 bits per heavy atom. The largest absolute Gasteiger partial charge is 0.374 e. The second-order valence-corrected chi connectivity index (χ2v) is 5.00. The van der Waals surface area contributed by atoms with Gasteiger partial charge in [0.05, 0.1) is 12.7 Å². The molecule has 0 aromatic heterocycles. The zero-order valence-corrected chi connectivity index (χ0v) is 10.9. The highest BCUT2D eigenvalue weighted by Crippen LogP contribution is 2.18. The Labute approximate surface area is 107 Å². The van der Waals surface area contributed by atoms with Gasteiger partial charge in [-0.05, 0) is 18.6 Å². The fourth-order valence-electron chi connectivity index (χ4n) is 2.06. The SMILES string of the molecule is CC(N)C1CN(Cc2ccccc2Cl)CCO1. The highest BCUT2D eigenvalue weighted by molar-refractivity contribution is 6.31. The molecule has 4 heteroatoms. The lowest BCUT2D eigenvalue weighted by Crippen LogP contribution is -2.49. The third-order valence-corrected chi connectivity index (χ3v) is 3.48. The molecule has 2 N–H and O–H groups in total. The van der Waals surface area contributed by atoms with Crippen LogP contribution in [0.5, 0.6) is 0 Å². The molecular weight excluding hydrogens is 236 g/mol. The molecule has 0 bridgehead atoms. The van der Waals surface area contributed by atoms with Gasteiger partial charge in [-0.3, -0.25) is 4.90 Å². The van der Waals surface area contributed by atoms with Crippen molar-refractivity contribution in [2.45, 2.75) is 25.6 Å². The first-order valence-electron chi connectivity index (χ1n) is 6.00. The molecule has 0 amide bonds. The molecule has 2 rings (SSSR count). The lowest BCUT2D eigenvalue weighted by atomic mass is 10.1. The number of benzene rings is 1.